The van der Waals surface area contributed by atoms with Gasteiger partial charge in [0.15, 0.2) is 0 Å². The molecular formula is C34H44N4O4. The molecule has 0 radical (unpaired) electrons. The molecule has 0 aromatic heterocycles. The van der Waals surface area contributed by atoms with E-state index < -0.39 is 12.1 Å². The minimum atomic E-state index is -0.855. The summed E-state index contributed by atoms with van der Waals surface area (Å²) in [5.74, 6) is 0.770. The van der Waals surface area contributed by atoms with Gasteiger partial charge in [-0.05, 0) is 72.2 Å². The highest BCUT2D eigenvalue weighted by Crippen LogP contribution is 2.24. The normalized spacial score (nSPS) is 16.6. The highest BCUT2D eigenvalue weighted by atomic mass is 16.5. The number of anilines is 2. The van der Waals surface area contributed by atoms with Gasteiger partial charge in [0, 0.05) is 50.5 Å². The lowest BCUT2D eigenvalue weighted by Crippen LogP contribution is -2.48. The van der Waals surface area contributed by atoms with Crippen molar-refractivity contribution in [2.75, 3.05) is 37.0 Å². The number of ether oxygens (including phenoxy) is 1. The van der Waals surface area contributed by atoms with E-state index in [-0.39, 0.29) is 11.8 Å². The molecular weight excluding hydrogens is 528 g/mol. The fourth-order valence-corrected chi connectivity index (χ4v) is 4.99. The number of nitrogens with zero attached hydrogens (tertiary/aromatic N) is 1. The van der Waals surface area contributed by atoms with Crippen molar-refractivity contribution in [1.29, 1.82) is 0 Å². The van der Waals surface area contributed by atoms with Crippen LogP contribution in [0.1, 0.15) is 66.6 Å². The van der Waals surface area contributed by atoms with Crippen molar-refractivity contribution in [3.8, 4) is 5.75 Å². The summed E-state index contributed by atoms with van der Waals surface area (Å²) in [5, 5.41) is 21.2. The van der Waals surface area contributed by atoms with E-state index in [1.165, 1.54) is 17.4 Å². The molecule has 1 aliphatic rings. The molecule has 0 saturated carbocycles. The van der Waals surface area contributed by atoms with E-state index in [1.807, 2.05) is 30.3 Å². The van der Waals surface area contributed by atoms with Crippen LogP contribution in [0.25, 0.3) is 0 Å². The summed E-state index contributed by atoms with van der Waals surface area (Å²) in [6.45, 7) is 8.03. The molecule has 4 rings (SSSR count). The Kier molecular flexibility index (Phi) is 11.0. The Morgan fingerprint density at radius 1 is 1.10 bits per heavy atom. The second-order valence-electron chi connectivity index (χ2n) is 11.4. The first-order valence-corrected chi connectivity index (χ1v) is 14.8. The Labute approximate surface area is 249 Å². The maximum absolute atomic E-state index is 13.7. The third kappa shape index (κ3) is 8.81. The van der Waals surface area contributed by atoms with Crippen molar-refractivity contribution in [2.24, 2.45) is 0 Å². The van der Waals surface area contributed by atoms with E-state index in [0.717, 1.165) is 35.4 Å². The van der Waals surface area contributed by atoms with Gasteiger partial charge in [0.1, 0.15) is 5.75 Å². The van der Waals surface area contributed by atoms with Crippen LogP contribution in [0.15, 0.2) is 66.7 Å². The summed E-state index contributed by atoms with van der Waals surface area (Å²) < 4.78 is 5.99. The smallest absolute Gasteiger partial charge is 0.251 e. The molecule has 0 spiro atoms. The molecule has 8 nitrogen and oxygen atoms in total. The zero-order chi connectivity index (χ0) is 30.1. The van der Waals surface area contributed by atoms with Crippen molar-refractivity contribution in [2.45, 2.75) is 64.6 Å². The summed E-state index contributed by atoms with van der Waals surface area (Å²) in [6, 6.07) is 21.1. The quantitative estimate of drug-likeness (QED) is 0.322. The fourth-order valence-electron chi connectivity index (χ4n) is 4.99. The summed E-state index contributed by atoms with van der Waals surface area (Å²) in [7, 11) is 1.69. The van der Waals surface area contributed by atoms with Gasteiger partial charge >= 0.3 is 0 Å². The molecule has 0 fully saturated rings. The van der Waals surface area contributed by atoms with E-state index in [4.69, 9.17) is 4.74 Å². The average Bonchev–Trinajstić information content (AvgIpc) is 2.97. The predicted molar refractivity (Wildman–Crippen MR) is 168 cm³/mol. The number of nitrogens with one attached hydrogen (secondary N) is 3. The van der Waals surface area contributed by atoms with Gasteiger partial charge < -0.3 is 30.7 Å². The zero-order valence-electron chi connectivity index (χ0n) is 25.2. The van der Waals surface area contributed by atoms with Crippen LogP contribution in [0.5, 0.6) is 5.75 Å². The summed E-state index contributed by atoms with van der Waals surface area (Å²) in [6.07, 6.45) is 1.32. The van der Waals surface area contributed by atoms with Crippen LogP contribution in [0.3, 0.4) is 0 Å². The van der Waals surface area contributed by atoms with Crippen LogP contribution in [-0.2, 0) is 17.8 Å². The van der Waals surface area contributed by atoms with Gasteiger partial charge in [-0.1, -0.05) is 50.2 Å². The van der Waals surface area contributed by atoms with Gasteiger partial charge in [-0.2, -0.15) is 0 Å². The largest absolute Gasteiger partial charge is 0.494 e. The van der Waals surface area contributed by atoms with Gasteiger partial charge in [-0.3, -0.25) is 9.59 Å². The van der Waals surface area contributed by atoms with E-state index in [2.05, 4.69) is 54.1 Å². The third-order valence-electron chi connectivity index (χ3n) is 7.64. The molecule has 1 heterocycles. The molecule has 1 aliphatic heterocycles. The molecule has 3 aromatic carbocycles. The Balaban J connectivity index is 1.57. The minimum absolute atomic E-state index is 0.129. The molecule has 2 amide bonds. The van der Waals surface area contributed by atoms with Gasteiger partial charge in [-0.25, -0.2) is 0 Å². The topological polar surface area (TPSA) is 103 Å². The number of benzene rings is 3. The number of hydrogen-bond donors (Lipinski definition) is 4. The molecule has 3 aromatic rings. The number of aliphatic hydroxyl groups is 1. The highest BCUT2D eigenvalue weighted by molar-refractivity contribution is 5.99. The molecule has 4 N–H and O–H groups in total. The highest BCUT2D eigenvalue weighted by Gasteiger charge is 2.24. The Morgan fingerprint density at radius 2 is 1.90 bits per heavy atom. The number of carbonyl (C=O) groups is 2. The molecule has 224 valence electrons. The number of carbonyl (C=O) groups excluding carboxylic acids is 2. The average molecular weight is 573 g/mol. The lowest BCUT2D eigenvalue weighted by Gasteiger charge is -2.26. The first-order valence-electron chi connectivity index (χ1n) is 14.8. The Bertz CT molecular complexity index is 1360. The van der Waals surface area contributed by atoms with E-state index in [9.17, 15) is 14.7 Å². The number of fused-ring (bicyclic) bond motifs is 4. The molecule has 0 saturated heterocycles. The maximum Gasteiger partial charge on any atom is 0.251 e. The maximum atomic E-state index is 13.7. The minimum Gasteiger partial charge on any atom is -0.494 e. The van der Waals surface area contributed by atoms with Crippen LogP contribution >= 0.6 is 0 Å². The van der Waals surface area contributed by atoms with Crippen molar-refractivity contribution in [3.05, 3.63) is 89.0 Å². The second kappa shape index (κ2) is 14.8. The lowest BCUT2D eigenvalue weighted by atomic mass is 9.99. The number of rotatable bonds is 7. The van der Waals surface area contributed by atoms with Crippen molar-refractivity contribution < 1.29 is 19.4 Å². The Hall–Kier alpha value is -3.88. The van der Waals surface area contributed by atoms with Crippen LogP contribution in [0.4, 0.5) is 11.4 Å². The number of hydrogen-bond acceptors (Lipinski definition) is 6. The molecule has 0 aliphatic carbocycles. The standard InChI is InChI=1S/C34H44N4O4/c1-23(2)27-11-7-10-26(15-27)21-35-22-33(40)32-17-25-9-8-12-31(16-25)42-14-6-5-13-36-29-18-28(34(41)37-32)19-30(20-29)38(4)24(3)39/h7-12,15-16,18-20,23,32-33,35-36,40H,5-6,13-14,17,21-22H2,1-4H3,(H,37,41)/t32-,33+/m0/s1. The van der Waals surface area contributed by atoms with Crippen LogP contribution in [0, 0.1) is 0 Å². The molecule has 0 unspecified atom stereocenters. The van der Waals surface area contributed by atoms with Gasteiger partial charge in [-0.15, -0.1) is 0 Å². The fraction of sp³-hybridized carbons (Fsp3) is 0.412. The monoisotopic (exact) mass is 572 g/mol. The van der Waals surface area contributed by atoms with Crippen LogP contribution < -0.4 is 25.6 Å². The predicted octanol–water partition coefficient (Wildman–Crippen LogP) is 4.87. The van der Waals surface area contributed by atoms with Crippen LogP contribution in [-0.4, -0.2) is 55.8 Å². The van der Waals surface area contributed by atoms with Crippen LogP contribution in [0.2, 0.25) is 0 Å². The third-order valence-corrected chi connectivity index (χ3v) is 7.64. The lowest BCUT2D eigenvalue weighted by molar-refractivity contribution is -0.116. The molecule has 8 heteroatoms. The second-order valence-corrected chi connectivity index (χ2v) is 11.4. The summed E-state index contributed by atoms with van der Waals surface area (Å²) in [5.41, 5.74) is 5.17. The van der Waals surface area contributed by atoms with Crippen molar-refractivity contribution >= 4 is 23.2 Å². The zero-order valence-corrected chi connectivity index (χ0v) is 25.2. The molecule has 42 heavy (non-hydrogen) atoms. The van der Waals surface area contributed by atoms with Gasteiger partial charge in [0.2, 0.25) is 5.91 Å². The van der Waals surface area contributed by atoms with E-state index >= 15 is 0 Å². The van der Waals surface area contributed by atoms with Crippen molar-refractivity contribution in [3.63, 3.8) is 0 Å². The van der Waals surface area contributed by atoms with Crippen molar-refractivity contribution in [1.82, 2.24) is 10.6 Å². The first-order chi connectivity index (χ1) is 20.2. The first kappa shape index (κ1) is 31.1. The summed E-state index contributed by atoms with van der Waals surface area (Å²) in [4.78, 5) is 27.3. The SMILES string of the molecule is CC(=O)N(C)c1cc2cc(c1)C(=O)N[C@H]([C@H](O)CNCc1cccc(C(C)C)c1)Cc1cccc(c1)OCCCCN2. The molecule has 2 atom stereocenters. The van der Waals surface area contributed by atoms with Gasteiger partial charge in [0.05, 0.1) is 18.8 Å². The number of aliphatic hydroxyl groups excluding tert-OH is 1. The molecule has 4 bridgehead atoms. The Morgan fingerprint density at radius 3 is 2.69 bits per heavy atom. The summed E-state index contributed by atoms with van der Waals surface area (Å²) >= 11 is 0. The van der Waals surface area contributed by atoms with E-state index in [0.29, 0.717) is 49.8 Å². The van der Waals surface area contributed by atoms with E-state index in [1.54, 1.807) is 19.2 Å². The van der Waals surface area contributed by atoms with Gasteiger partial charge in [0.25, 0.3) is 5.91 Å². The number of amides is 2.